The Morgan fingerprint density at radius 1 is 0.875 bits per heavy atom. The second kappa shape index (κ2) is 10.2. The lowest BCUT2D eigenvalue weighted by atomic mass is 9.17. The standard InChI is InChI=1S/C24H28B10N2O4/c1-10(2)9-19(25)18(40-17(37)16(35)11(3)4)21(28,29)22(30)13-8-15(39-6)14(38-5)7-12(13)20(26,27)24(33,34)36(22)23(19,31)32/h7-8,10-11,16,18H,9,35H2,1-6H3/t16-,18?,19?,22?/m0/s1. The Morgan fingerprint density at radius 3 is 1.77 bits per heavy atom. The van der Waals surface area contributed by atoms with Crippen LogP contribution in [0.2, 0.25) is 10.5 Å². The van der Waals surface area contributed by atoms with Crippen molar-refractivity contribution in [1.29, 1.82) is 0 Å². The van der Waals surface area contributed by atoms with E-state index in [2.05, 4.69) is 0 Å². The largest absolute Gasteiger partial charge is 0.493 e. The van der Waals surface area contributed by atoms with Crippen LogP contribution in [0, 0.1) is 11.8 Å². The average Bonchev–Trinajstić information content (AvgIpc) is 2.82. The molecule has 2 N–H and O–H groups in total. The number of ether oxygens (including phenoxy) is 3. The number of hydrogen-bond donors (Lipinski definition) is 1. The van der Waals surface area contributed by atoms with Crippen molar-refractivity contribution in [2.75, 3.05) is 14.2 Å². The fourth-order valence-electron chi connectivity index (χ4n) is 6.03. The molecule has 16 heteroatoms. The molecule has 0 saturated carbocycles. The molecule has 20 radical (unpaired) electrons. The molecule has 2 heterocycles. The summed E-state index contributed by atoms with van der Waals surface area (Å²) in [6, 6.07) is 1.86. The summed E-state index contributed by atoms with van der Waals surface area (Å²) in [5.74, 6) is -0.875. The van der Waals surface area contributed by atoms with E-state index in [0.717, 1.165) is 4.90 Å². The normalized spacial score (nSPS) is 30.6. The number of rotatable bonds is 7. The quantitative estimate of drug-likeness (QED) is 0.353. The average molecular weight is 517 g/mol. The Bertz CT molecular complexity index is 1160. The van der Waals surface area contributed by atoms with Gasteiger partial charge in [-0.3, -0.25) is 4.79 Å². The van der Waals surface area contributed by atoms with Crippen LogP contribution in [0.4, 0.5) is 0 Å². The smallest absolute Gasteiger partial charge is 0.323 e. The van der Waals surface area contributed by atoms with Crippen LogP contribution in [0.3, 0.4) is 0 Å². The minimum atomic E-state index is -2.34. The maximum atomic E-state index is 13.3. The molecule has 40 heavy (non-hydrogen) atoms. The number of carbonyl (C=O) groups excluding carboxylic acids is 1. The number of hydrogen-bond acceptors (Lipinski definition) is 6. The van der Waals surface area contributed by atoms with Gasteiger partial charge < -0.3 is 24.8 Å². The highest BCUT2D eigenvalue weighted by Gasteiger charge is 2.72. The summed E-state index contributed by atoms with van der Waals surface area (Å²) in [5, 5.41) is -10.9. The van der Waals surface area contributed by atoms with Crippen molar-refractivity contribution in [3.8, 4) is 11.5 Å². The Kier molecular flexibility index (Phi) is 8.54. The molecule has 0 amide bonds. The fraction of sp³-hybridized carbons (Fsp3) is 0.708. The number of methoxy groups -OCH3 is 2. The highest BCUT2D eigenvalue weighted by molar-refractivity contribution is 6.58. The van der Waals surface area contributed by atoms with Crippen LogP contribution in [0.15, 0.2) is 12.1 Å². The van der Waals surface area contributed by atoms with Gasteiger partial charge in [-0.15, -0.1) is 0 Å². The number of esters is 1. The Labute approximate surface area is 252 Å². The first-order valence-corrected chi connectivity index (χ1v) is 12.9. The zero-order chi connectivity index (χ0) is 31.0. The summed E-state index contributed by atoms with van der Waals surface area (Å²) in [6.45, 7) is 7.18. The zero-order valence-electron chi connectivity index (χ0n) is 24.1. The summed E-state index contributed by atoms with van der Waals surface area (Å²) in [5.41, 5.74) is 4.08. The Morgan fingerprint density at radius 2 is 1.35 bits per heavy atom. The molecule has 1 saturated heterocycles. The van der Waals surface area contributed by atoms with E-state index in [1.54, 1.807) is 13.8 Å². The van der Waals surface area contributed by atoms with Crippen LogP contribution < -0.4 is 15.2 Å². The van der Waals surface area contributed by atoms with E-state index < -0.39 is 50.0 Å². The van der Waals surface area contributed by atoms with Gasteiger partial charge in [0.1, 0.15) is 13.9 Å². The molecule has 3 unspecified atom stereocenters. The summed E-state index contributed by atoms with van der Waals surface area (Å²) in [7, 11) is 71.3. The fourth-order valence-corrected chi connectivity index (χ4v) is 6.03. The van der Waals surface area contributed by atoms with Gasteiger partial charge in [-0.2, -0.15) is 0 Å². The zero-order valence-corrected chi connectivity index (χ0v) is 24.1. The monoisotopic (exact) mass is 518 g/mol. The molecule has 1 aromatic rings. The Hall–Kier alpha value is -1.14. The van der Waals surface area contributed by atoms with Gasteiger partial charge in [-0.05, 0) is 46.7 Å². The maximum Gasteiger partial charge on any atom is 0.323 e. The van der Waals surface area contributed by atoms with Crippen LogP contribution in [0.5, 0.6) is 11.5 Å². The molecule has 1 fully saturated rings. The number of piperidine rings is 1. The second-order valence-electron chi connectivity index (χ2n) is 12.0. The molecule has 188 valence electrons. The molecular formula is C24H28B10N2O4. The first-order chi connectivity index (χ1) is 18.0. The van der Waals surface area contributed by atoms with Gasteiger partial charge in [0.25, 0.3) is 0 Å². The van der Waals surface area contributed by atoms with E-state index in [4.69, 9.17) is 98.4 Å². The lowest BCUT2D eigenvalue weighted by Crippen LogP contribution is -2.88. The molecule has 2 aliphatic rings. The third kappa shape index (κ3) is 4.31. The predicted molar refractivity (Wildman–Crippen MR) is 165 cm³/mol. The number of benzene rings is 1. The van der Waals surface area contributed by atoms with E-state index in [9.17, 15) is 4.79 Å². The summed E-state index contributed by atoms with van der Waals surface area (Å²) in [4.78, 5) is 14.3. The van der Waals surface area contributed by atoms with Crippen molar-refractivity contribution in [2.45, 2.75) is 78.1 Å². The van der Waals surface area contributed by atoms with E-state index in [0.29, 0.717) is 0 Å². The number of nitrogens with zero attached hydrogens (tertiary/aromatic N) is 1. The van der Waals surface area contributed by atoms with Gasteiger partial charge in [0.15, 0.2) is 11.5 Å². The van der Waals surface area contributed by atoms with Crippen molar-refractivity contribution in [2.24, 2.45) is 17.6 Å². The van der Waals surface area contributed by atoms with E-state index in [1.807, 2.05) is 13.8 Å². The number of fused-ring (bicyclic) bond motifs is 3. The van der Waals surface area contributed by atoms with Gasteiger partial charge in [0, 0.05) is 0 Å². The lowest BCUT2D eigenvalue weighted by molar-refractivity contribution is -0.168. The van der Waals surface area contributed by atoms with Crippen molar-refractivity contribution < 1.29 is 19.0 Å². The number of carbonyl (C=O) groups is 1. The lowest BCUT2D eigenvalue weighted by Gasteiger charge is -2.81. The first-order valence-electron chi connectivity index (χ1n) is 12.9. The molecule has 3 rings (SSSR count). The van der Waals surface area contributed by atoms with Crippen LogP contribution in [-0.2, 0) is 20.2 Å². The molecule has 4 atom stereocenters. The van der Waals surface area contributed by atoms with Gasteiger partial charge >= 0.3 is 5.97 Å². The van der Waals surface area contributed by atoms with E-state index in [-0.39, 0.29) is 40.9 Å². The summed E-state index contributed by atoms with van der Waals surface area (Å²) < 4.78 is 16.9. The van der Waals surface area contributed by atoms with Crippen LogP contribution in [0.25, 0.3) is 0 Å². The molecule has 2 aliphatic heterocycles. The minimum Gasteiger partial charge on any atom is -0.493 e. The molecule has 0 aromatic heterocycles. The van der Waals surface area contributed by atoms with Gasteiger partial charge in [0.05, 0.1) is 90.9 Å². The second-order valence-corrected chi connectivity index (χ2v) is 12.0. The topological polar surface area (TPSA) is 74.0 Å². The van der Waals surface area contributed by atoms with Gasteiger partial charge in [-0.25, -0.2) is 0 Å². The first kappa shape index (κ1) is 33.4. The van der Waals surface area contributed by atoms with Crippen LogP contribution in [0.1, 0.15) is 45.2 Å². The maximum absolute atomic E-state index is 13.3. The third-order valence-electron chi connectivity index (χ3n) is 8.41. The van der Waals surface area contributed by atoms with Crippen molar-refractivity contribution in [3.05, 3.63) is 23.3 Å². The predicted octanol–water partition coefficient (Wildman–Crippen LogP) is -1.45. The summed E-state index contributed by atoms with van der Waals surface area (Å²) >= 11 is 0. The summed E-state index contributed by atoms with van der Waals surface area (Å²) in [6.07, 6.45) is -1.61. The van der Waals surface area contributed by atoms with Crippen LogP contribution >= 0.6 is 0 Å². The van der Waals surface area contributed by atoms with Crippen molar-refractivity contribution >= 4 is 84.4 Å². The molecule has 0 bridgehead atoms. The molecule has 0 aliphatic carbocycles. The van der Waals surface area contributed by atoms with Gasteiger partial charge in [0.2, 0.25) is 0 Å². The van der Waals surface area contributed by atoms with Crippen molar-refractivity contribution in [3.63, 3.8) is 0 Å². The molecular weight excluding hydrogens is 488 g/mol. The van der Waals surface area contributed by atoms with Crippen molar-refractivity contribution in [1.82, 2.24) is 4.90 Å². The van der Waals surface area contributed by atoms with Crippen LogP contribution in [-0.4, -0.2) is 126 Å². The third-order valence-corrected chi connectivity index (χ3v) is 8.41. The molecule has 0 spiro atoms. The van der Waals surface area contributed by atoms with E-state index >= 15 is 0 Å². The molecule has 1 aromatic carbocycles. The minimum absolute atomic E-state index is 0.0224. The molecule has 6 nitrogen and oxygen atoms in total. The highest BCUT2D eigenvalue weighted by Crippen LogP contribution is 2.69. The SMILES string of the molecule is [B]C1([B])c2cc(OC)c(OC)cc2C2([B])N(C1([B])[B])C([B])([B])C([B])(CC(C)C)C(OC(=O)[C@@H](N)C(C)C)C2([B])[B]. The Balaban J connectivity index is 2.50. The van der Waals surface area contributed by atoms with E-state index in [1.165, 1.54) is 26.4 Å². The van der Waals surface area contributed by atoms with Gasteiger partial charge in [-0.1, -0.05) is 54.4 Å². The highest BCUT2D eigenvalue weighted by atomic mass is 16.5. The number of nitrogens with two attached hydrogens (primary N) is 1.